The van der Waals surface area contributed by atoms with E-state index in [2.05, 4.69) is 0 Å². The van der Waals surface area contributed by atoms with Crippen LogP contribution < -0.4 is 0 Å². The maximum Gasteiger partial charge on any atom is 0.126 e. The number of rotatable bonds is 3. The molecule has 0 radical (unpaired) electrons. The van der Waals surface area contributed by atoms with E-state index in [1.54, 1.807) is 24.3 Å². The van der Waals surface area contributed by atoms with Crippen molar-refractivity contribution in [1.29, 1.82) is 0 Å². The first-order valence-corrected chi connectivity index (χ1v) is 5.99. The SMILES string of the molecule is Oc1ccc(SCc2cc(F)cc(F)c2)cc1. The van der Waals surface area contributed by atoms with Crippen LogP contribution in [0.5, 0.6) is 5.75 Å². The first-order valence-electron chi connectivity index (χ1n) is 5.00. The molecule has 2 aromatic rings. The Morgan fingerprint density at radius 1 is 0.941 bits per heavy atom. The number of phenolic OH excluding ortho intramolecular Hbond substituents is 1. The molecule has 1 nitrogen and oxygen atoms in total. The predicted octanol–water partition coefficient (Wildman–Crippen LogP) is 3.96. The number of hydrogen-bond acceptors (Lipinski definition) is 2. The van der Waals surface area contributed by atoms with E-state index in [0.29, 0.717) is 11.3 Å². The van der Waals surface area contributed by atoms with Crippen LogP contribution in [0, 0.1) is 11.6 Å². The zero-order valence-electron chi connectivity index (χ0n) is 8.86. The van der Waals surface area contributed by atoms with Crippen LogP contribution >= 0.6 is 11.8 Å². The lowest BCUT2D eigenvalue weighted by Gasteiger charge is -2.03. The fourth-order valence-corrected chi connectivity index (χ4v) is 2.23. The van der Waals surface area contributed by atoms with E-state index in [-0.39, 0.29) is 5.75 Å². The maximum absolute atomic E-state index is 12.9. The number of benzene rings is 2. The number of hydrogen-bond donors (Lipinski definition) is 1. The van der Waals surface area contributed by atoms with Crippen molar-refractivity contribution in [1.82, 2.24) is 0 Å². The molecule has 2 rings (SSSR count). The van der Waals surface area contributed by atoms with Crippen molar-refractivity contribution in [2.45, 2.75) is 10.6 Å². The molecule has 1 N–H and O–H groups in total. The minimum Gasteiger partial charge on any atom is -0.508 e. The molecule has 0 saturated carbocycles. The van der Waals surface area contributed by atoms with E-state index in [9.17, 15) is 8.78 Å². The zero-order chi connectivity index (χ0) is 12.3. The minimum atomic E-state index is -0.564. The van der Waals surface area contributed by atoms with Gasteiger partial charge in [-0.25, -0.2) is 8.78 Å². The largest absolute Gasteiger partial charge is 0.508 e. The average Bonchev–Trinajstić information content (AvgIpc) is 2.27. The molecule has 4 heteroatoms. The van der Waals surface area contributed by atoms with Gasteiger partial charge in [0, 0.05) is 16.7 Å². The van der Waals surface area contributed by atoms with Gasteiger partial charge < -0.3 is 5.11 Å². The summed E-state index contributed by atoms with van der Waals surface area (Å²) in [5, 5.41) is 9.11. The summed E-state index contributed by atoms with van der Waals surface area (Å²) < 4.78 is 25.8. The fourth-order valence-electron chi connectivity index (χ4n) is 1.40. The molecule has 0 aliphatic carbocycles. The quantitative estimate of drug-likeness (QED) is 0.834. The molecule has 0 unspecified atom stereocenters. The fraction of sp³-hybridized carbons (Fsp3) is 0.0769. The first kappa shape index (κ1) is 11.9. The van der Waals surface area contributed by atoms with Crippen LogP contribution in [0.25, 0.3) is 0 Å². The molecule has 0 amide bonds. The Kier molecular flexibility index (Phi) is 3.64. The summed E-state index contributed by atoms with van der Waals surface area (Å²) in [5.74, 6) is -0.442. The molecule has 88 valence electrons. The first-order chi connectivity index (χ1) is 8.13. The summed E-state index contributed by atoms with van der Waals surface area (Å²) in [4.78, 5) is 0.937. The lowest BCUT2D eigenvalue weighted by atomic mass is 10.2. The highest BCUT2D eigenvalue weighted by Gasteiger charge is 2.01. The Morgan fingerprint density at radius 2 is 1.53 bits per heavy atom. The van der Waals surface area contributed by atoms with E-state index in [1.807, 2.05) is 0 Å². The Balaban J connectivity index is 2.04. The molecule has 0 heterocycles. The monoisotopic (exact) mass is 252 g/mol. The second kappa shape index (κ2) is 5.19. The Morgan fingerprint density at radius 3 is 2.12 bits per heavy atom. The van der Waals surface area contributed by atoms with Crippen molar-refractivity contribution in [3.05, 3.63) is 59.7 Å². The van der Waals surface area contributed by atoms with Gasteiger partial charge in [0.15, 0.2) is 0 Å². The van der Waals surface area contributed by atoms with Gasteiger partial charge in [0.2, 0.25) is 0 Å². The summed E-state index contributed by atoms with van der Waals surface area (Å²) in [6, 6.07) is 10.2. The third-order valence-corrected chi connectivity index (χ3v) is 3.25. The van der Waals surface area contributed by atoms with Gasteiger partial charge in [0.05, 0.1) is 0 Å². The van der Waals surface area contributed by atoms with Gasteiger partial charge in [-0.05, 0) is 42.0 Å². The Labute approximate surface area is 102 Å². The second-order valence-corrected chi connectivity index (χ2v) is 4.61. The zero-order valence-corrected chi connectivity index (χ0v) is 9.68. The van der Waals surface area contributed by atoms with Crippen LogP contribution in [-0.4, -0.2) is 5.11 Å². The van der Waals surface area contributed by atoms with Crippen LogP contribution in [0.15, 0.2) is 47.4 Å². The number of aromatic hydroxyl groups is 1. The van der Waals surface area contributed by atoms with E-state index < -0.39 is 11.6 Å². The molecule has 17 heavy (non-hydrogen) atoms. The number of phenols is 1. The van der Waals surface area contributed by atoms with Gasteiger partial charge in [-0.2, -0.15) is 0 Å². The van der Waals surface area contributed by atoms with Gasteiger partial charge in [-0.3, -0.25) is 0 Å². The summed E-state index contributed by atoms with van der Waals surface area (Å²) >= 11 is 1.46. The highest BCUT2D eigenvalue weighted by atomic mass is 32.2. The van der Waals surface area contributed by atoms with E-state index in [0.717, 1.165) is 11.0 Å². The summed E-state index contributed by atoms with van der Waals surface area (Å²) in [6.45, 7) is 0. The third kappa shape index (κ3) is 3.46. The molecule has 0 aliphatic heterocycles. The molecule has 0 aromatic heterocycles. The Hall–Kier alpha value is -1.55. The van der Waals surface area contributed by atoms with Crippen LogP contribution in [-0.2, 0) is 5.75 Å². The third-order valence-electron chi connectivity index (χ3n) is 2.16. The van der Waals surface area contributed by atoms with Gasteiger partial charge >= 0.3 is 0 Å². The number of halogens is 2. The highest BCUT2D eigenvalue weighted by Crippen LogP contribution is 2.25. The minimum absolute atomic E-state index is 0.200. The van der Waals surface area contributed by atoms with Gasteiger partial charge in [-0.15, -0.1) is 11.8 Å². The van der Waals surface area contributed by atoms with Crippen molar-refractivity contribution in [3.63, 3.8) is 0 Å². The van der Waals surface area contributed by atoms with E-state index in [4.69, 9.17) is 5.11 Å². The topological polar surface area (TPSA) is 20.2 Å². The molecule has 2 aromatic carbocycles. The van der Waals surface area contributed by atoms with Crippen molar-refractivity contribution in [2.24, 2.45) is 0 Å². The standard InChI is InChI=1S/C13H10F2OS/c14-10-5-9(6-11(15)7-10)8-17-13-3-1-12(16)2-4-13/h1-7,16H,8H2. The molecule has 0 fully saturated rings. The predicted molar refractivity (Wildman–Crippen MR) is 64.0 cm³/mol. The lowest BCUT2D eigenvalue weighted by Crippen LogP contribution is -1.86. The van der Waals surface area contributed by atoms with E-state index in [1.165, 1.54) is 23.9 Å². The molecule has 0 spiro atoms. The van der Waals surface area contributed by atoms with Crippen LogP contribution in [0.1, 0.15) is 5.56 Å². The highest BCUT2D eigenvalue weighted by molar-refractivity contribution is 7.98. The smallest absolute Gasteiger partial charge is 0.126 e. The summed E-state index contributed by atoms with van der Waals surface area (Å²) in [7, 11) is 0. The summed E-state index contributed by atoms with van der Waals surface area (Å²) in [6.07, 6.45) is 0. The molecular weight excluding hydrogens is 242 g/mol. The Bertz CT molecular complexity index is 491. The average molecular weight is 252 g/mol. The molecule has 0 bridgehead atoms. The molecule has 0 saturated heterocycles. The molecular formula is C13H10F2OS. The normalized spacial score (nSPS) is 10.5. The van der Waals surface area contributed by atoms with Gasteiger partial charge in [0.1, 0.15) is 17.4 Å². The van der Waals surface area contributed by atoms with Crippen molar-refractivity contribution in [2.75, 3.05) is 0 Å². The lowest BCUT2D eigenvalue weighted by molar-refractivity contribution is 0.475. The van der Waals surface area contributed by atoms with E-state index >= 15 is 0 Å². The van der Waals surface area contributed by atoms with Crippen LogP contribution in [0.4, 0.5) is 8.78 Å². The van der Waals surface area contributed by atoms with Gasteiger partial charge in [-0.1, -0.05) is 0 Å². The summed E-state index contributed by atoms with van der Waals surface area (Å²) in [5.41, 5.74) is 0.598. The van der Waals surface area contributed by atoms with Crippen molar-refractivity contribution in [3.8, 4) is 5.75 Å². The van der Waals surface area contributed by atoms with Crippen LogP contribution in [0.2, 0.25) is 0 Å². The van der Waals surface area contributed by atoms with Crippen molar-refractivity contribution < 1.29 is 13.9 Å². The second-order valence-electron chi connectivity index (χ2n) is 3.56. The number of thioether (sulfide) groups is 1. The van der Waals surface area contributed by atoms with Crippen LogP contribution in [0.3, 0.4) is 0 Å². The molecule has 0 aliphatic rings. The van der Waals surface area contributed by atoms with Crippen molar-refractivity contribution >= 4 is 11.8 Å². The maximum atomic E-state index is 12.9. The molecule has 0 atom stereocenters. The van der Waals surface area contributed by atoms with Gasteiger partial charge in [0.25, 0.3) is 0 Å².